The first-order valence-corrected chi connectivity index (χ1v) is 6.65. The van der Waals surface area contributed by atoms with Gasteiger partial charge in [0.1, 0.15) is 11.6 Å². The minimum atomic E-state index is -3.93. The highest BCUT2D eigenvalue weighted by Gasteiger charge is 2.18. The molecule has 0 aliphatic rings. The number of anilines is 1. The standard InChI is InChI=1S/C11H9FN4O2S/c1-7-14-6-11(15-7)19(17,18)16-10-3-2-8(5-13)4-9(10)12/h2-4,6,16H,1H3,(H,14,15). The van der Waals surface area contributed by atoms with Crippen molar-refractivity contribution < 1.29 is 12.8 Å². The molecule has 0 saturated heterocycles. The number of aromatic nitrogens is 2. The molecule has 0 unspecified atom stereocenters. The zero-order chi connectivity index (χ0) is 14.0. The van der Waals surface area contributed by atoms with E-state index in [1.165, 1.54) is 12.1 Å². The van der Waals surface area contributed by atoms with E-state index in [9.17, 15) is 12.8 Å². The number of benzene rings is 1. The first kappa shape index (κ1) is 13.0. The second-order valence-corrected chi connectivity index (χ2v) is 5.40. The summed E-state index contributed by atoms with van der Waals surface area (Å²) in [7, 11) is -3.93. The molecule has 2 aromatic rings. The number of nitrogens with zero attached hydrogens (tertiary/aromatic N) is 2. The van der Waals surface area contributed by atoms with E-state index in [0.717, 1.165) is 12.3 Å². The highest BCUT2D eigenvalue weighted by Crippen LogP contribution is 2.19. The van der Waals surface area contributed by atoms with Crippen LogP contribution in [0.3, 0.4) is 0 Å². The van der Waals surface area contributed by atoms with Crippen LogP contribution in [0.4, 0.5) is 10.1 Å². The quantitative estimate of drug-likeness (QED) is 0.890. The van der Waals surface area contributed by atoms with Gasteiger partial charge in [0.05, 0.1) is 23.5 Å². The number of H-pyrrole nitrogens is 1. The Labute approximate surface area is 109 Å². The summed E-state index contributed by atoms with van der Waals surface area (Å²) in [4.78, 5) is 6.31. The Morgan fingerprint density at radius 3 is 2.74 bits per heavy atom. The van der Waals surface area contributed by atoms with Gasteiger partial charge in [-0.2, -0.15) is 13.7 Å². The molecular weight excluding hydrogens is 271 g/mol. The molecule has 8 heteroatoms. The molecule has 0 amide bonds. The Morgan fingerprint density at radius 2 is 2.21 bits per heavy atom. The number of hydrogen-bond acceptors (Lipinski definition) is 4. The van der Waals surface area contributed by atoms with Gasteiger partial charge in [-0.3, -0.25) is 4.72 Å². The zero-order valence-corrected chi connectivity index (χ0v) is 10.6. The van der Waals surface area contributed by atoms with Crippen molar-refractivity contribution in [2.24, 2.45) is 0 Å². The number of hydrogen-bond donors (Lipinski definition) is 2. The molecule has 2 N–H and O–H groups in total. The SMILES string of the molecule is Cc1ncc(S(=O)(=O)Nc2ccc(C#N)cc2F)[nH]1. The summed E-state index contributed by atoms with van der Waals surface area (Å²) >= 11 is 0. The van der Waals surface area contributed by atoms with Crippen LogP contribution in [0.15, 0.2) is 29.4 Å². The fraction of sp³-hybridized carbons (Fsp3) is 0.0909. The van der Waals surface area contributed by atoms with Crippen LogP contribution < -0.4 is 4.72 Å². The van der Waals surface area contributed by atoms with Crippen molar-refractivity contribution in [3.8, 4) is 6.07 Å². The van der Waals surface area contributed by atoms with Crippen molar-refractivity contribution >= 4 is 15.7 Å². The van der Waals surface area contributed by atoms with Gasteiger partial charge in [-0.15, -0.1) is 0 Å². The van der Waals surface area contributed by atoms with Gasteiger partial charge in [-0.05, 0) is 25.1 Å². The molecule has 2 rings (SSSR count). The van der Waals surface area contributed by atoms with Crippen molar-refractivity contribution in [2.45, 2.75) is 11.9 Å². The van der Waals surface area contributed by atoms with E-state index in [1.54, 1.807) is 13.0 Å². The Morgan fingerprint density at radius 1 is 1.47 bits per heavy atom. The first-order valence-electron chi connectivity index (χ1n) is 5.16. The molecule has 0 aliphatic carbocycles. The summed E-state index contributed by atoms with van der Waals surface area (Å²) in [5.41, 5.74) is -0.121. The minimum absolute atomic E-state index is 0.109. The molecule has 0 saturated carbocycles. The average Bonchev–Trinajstić information content (AvgIpc) is 2.79. The number of nitrogens with one attached hydrogen (secondary N) is 2. The highest BCUT2D eigenvalue weighted by atomic mass is 32.2. The summed E-state index contributed by atoms with van der Waals surface area (Å²) in [6.07, 6.45) is 1.14. The number of nitriles is 1. The predicted molar refractivity (Wildman–Crippen MR) is 65.2 cm³/mol. The van der Waals surface area contributed by atoms with Crippen molar-refractivity contribution in [2.75, 3.05) is 4.72 Å². The number of aromatic amines is 1. The Kier molecular flexibility index (Phi) is 3.23. The number of halogens is 1. The van der Waals surface area contributed by atoms with Crippen molar-refractivity contribution in [1.29, 1.82) is 5.26 Å². The molecule has 0 aliphatic heterocycles. The minimum Gasteiger partial charge on any atom is -0.332 e. The molecule has 0 spiro atoms. The first-order chi connectivity index (χ1) is 8.92. The molecule has 1 heterocycles. The zero-order valence-electron chi connectivity index (χ0n) is 9.81. The lowest BCUT2D eigenvalue weighted by Crippen LogP contribution is -2.14. The molecule has 0 fully saturated rings. The molecule has 19 heavy (non-hydrogen) atoms. The Balaban J connectivity index is 2.34. The highest BCUT2D eigenvalue weighted by molar-refractivity contribution is 7.92. The van der Waals surface area contributed by atoms with Gasteiger partial charge in [0.15, 0.2) is 5.03 Å². The third-order valence-corrected chi connectivity index (χ3v) is 3.59. The number of rotatable bonds is 3. The maximum atomic E-state index is 13.6. The summed E-state index contributed by atoms with van der Waals surface area (Å²) < 4.78 is 39.5. The van der Waals surface area contributed by atoms with Crippen LogP contribution in [0.2, 0.25) is 0 Å². The summed E-state index contributed by atoms with van der Waals surface area (Å²) in [6, 6.07) is 5.22. The molecular formula is C11H9FN4O2S. The van der Waals surface area contributed by atoms with Gasteiger partial charge in [0.25, 0.3) is 10.0 Å². The van der Waals surface area contributed by atoms with E-state index in [2.05, 4.69) is 14.7 Å². The van der Waals surface area contributed by atoms with E-state index < -0.39 is 15.8 Å². The predicted octanol–water partition coefficient (Wildman–Crippen LogP) is 1.53. The van der Waals surface area contributed by atoms with Crippen LogP contribution >= 0.6 is 0 Å². The average molecular weight is 280 g/mol. The molecule has 0 bridgehead atoms. The second kappa shape index (κ2) is 4.70. The third-order valence-electron chi connectivity index (χ3n) is 2.31. The van der Waals surface area contributed by atoms with E-state index in [0.29, 0.717) is 5.82 Å². The molecule has 1 aromatic heterocycles. The fourth-order valence-corrected chi connectivity index (χ4v) is 2.44. The topological polar surface area (TPSA) is 98.6 Å². The summed E-state index contributed by atoms with van der Waals surface area (Å²) in [5.74, 6) is -0.389. The molecule has 1 aromatic carbocycles. The maximum absolute atomic E-state index is 13.6. The normalized spacial score (nSPS) is 11.0. The van der Waals surface area contributed by atoms with Gasteiger partial charge < -0.3 is 4.98 Å². The van der Waals surface area contributed by atoms with E-state index >= 15 is 0 Å². The molecule has 0 radical (unpaired) electrons. The number of imidazole rings is 1. The lowest BCUT2D eigenvalue weighted by molar-refractivity contribution is 0.595. The van der Waals surface area contributed by atoms with Gasteiger partial charge >= 0.3 is 0 Å². The van der Waals surface area contributed by atoms with Crippen molar-refractivity contribution in [3.05, 3.63) is 41.6 Å². The molecule has 98 valence electrons. The van der Waals surface area contributed by atoms with Gasteiger partial charge in [0, 0.05) is 0 Å². The maximum Gasteiger partial charge on any atom is 0.279 e. The van der Waals surface area contributed by atoms with E-state index in [1.807, 2.05) is 0 Å². The smallest absolute Gasteiger partial charge is 0.279 e. The third kappa shape index (κ3) is 2.71. The number of aryl methyl sites for hydroxylation is 1. The van der Waals surface area contributed by atoms with Crippen LogP contribution in [-0.2, 0) is 10.0 Å². The summed E-state index contributed by atoms with van der Waals surface area (Å²) in [5, 5.41) is 8.44. The lowest BCUT2D eigenvalue weighted by atomic mass is 10.2. The second-order valence-electron chi connectivity index (χ2n) is 3.74. The largest absolute Gasteiger partial charge is 0.332 e. The molecule has 6 nitrogen and oxygen atoms in total. The van der Waals surface area contributed by atoms with Gasteiger partial charge in [-0.25, -0.2) is 9.37 Å². The lowest BCUT2D eigenvalue weighted by Gasteiger charge is -2.07. The van der Waals surface area contributed by atoms with Crippen LogP contribution in [-0.4, -0.2) is 18.4 Å². The Hall–Kier alpha value is -2.40. The number of sulfonamides is 1. The van der Waals surface area contributed by atoms with E-state index in [4.69, 9.17) is 5.26 Å². The van der Waals surface area contributed by atoms with Gasteiger partial charge in [0.2, 0.25) is 0 Å². The van der Waals surface area contributed by atoms with E-state index in [-0.39, 0.29) is 16.3 Å². The van der Waals surface area contributed by atoms with Crippen LogP contribution in [0.5, 0.6) is 0 Å². The van der Waals surface area contributed by atoms with Gasteiger partial charge in [-0.1, -0.05) is 0 Å². The van der Waals surface area contributed by atoms with Crippen molar-refractivity contribution in [1.82, 2.24) is 9.97 Å². The van der Waals surface area contributed by atoms with Crippen LogP contribution in [0, 0.1) is 24.1 Å². The molecule has 0 atom stereocenters. The van der Waals surface area contributed by atoms with Crippen LogP contribution in [0.25, 0.3) is 0 Å². The van der Waals surface area contributed by atoms with Crippen LogP contribution in [0.1, 0.15) is 11.4 Å². The summed E-state index contributed by atoms with van der Waals surface area (Å²) in [6.45, 7) is 1.60. The van der Waals surface area contributed by atoms with Crippen molar-refractivity contribution in [3.63, 3.8) is 0 Å². The monoisotopic (exact) mass is 280 g/mol. The fourth-order valence-electron chi connectivity index (χ4n) is 1.40. The Bertz CT molecular complexity index is 761.